The zero-order chi connectivity index (χ0) is 26.5. The maximum absolute atomic E-state index is 12.8. The predicted molar refractivity (Wildman–Crippen MR) is 149 cm³/mol. The third-order valence-corrected chi connectivity index (χ3v) is 6.79. The number of methoxy groups -OCH3 is 2. The number of amides is 2. The van der Waals surface area contributed by atoms with Gasteiger partial charge in [-0.25, -0.2) is 0 Å². The molecular formula is C30H44N2O4. The van der Waals surface area contributed by atoms with Crippen molar-refractivity contribution in [2.24, 2.45) is 11.8 Å². The molecule has 0 saturated heterocycles. The molecule has 36 heavy (non-hydrogen) atoms. The Morgan fingerprint density at radius 2 is 1.08 bits per heavy atom. The summed E-state index contributed by atoms with van der Waals surface area (Å²) < 4.78 is 11.2. The Balaban J connectivity index is 2.23. The van der Waals surface area contributed by atoms with E-state index in [9.17, 15) is 9.59 Å². The summed E-state index contributed by atoms with van der Waals surface area (Å²) in [6.07, 6.45) is 7.63. The average Bonchev–Trinajstić information content (AvgIpc) is 2.90. The van der Waals surface area contributed by atoms with Gasteiger partial charge in [0, 0.05) is 11.8 Å². The molecule has 0 radical (unpaired) electrons. The molecule has 0 aliphatic heterocycles. The minimum Gasteiger partial charge on any atom is -0.495 e. The summed E-state index contributed by atoms with van der Waals surface area (Å²) in [4.78, 5) is 25.6. The highest BCUT2D eigenvalue weighted by Crippen LogP contribution is 2.35. The molecule has 6 nitrogen and oxygen atoms in total. The summed E-state index contributed by atoms with van der Waals surface area (Å²) in [5.41, 5.74) is 3.17. The van der Waals surface area contributed by atoms with Crippen LogP contribution in [0.25, 0.3) is 11.1 Å². The van der Waals surface area contributed by atoms with E-state index in [1.54, 1.807) is 14.2 Å². The first-order valence-corrected chi connectivity index (χ1v) is 13.4. The Kier molecular flexibility index (Phi) is 12.3. The molecule has 2 rings (SSSR count). The van der Waals surface area contributed by atoms with Crippen molar-refractivity contribution in [3.63, 3.8) is 0 Å². The second-order valence-electron chi connectivity index (χ2n) is 9.30. The van der Waals surface area contributed by atoms with Gasteiger partial charge in [-0.15, -0.1) is 0 Å². The van der Waals surface area contributed by atoms with Crippen LogP contribution in [-0.2, 0) is 9.59 Å². The Labute approximate surface area is 217 Å². The molecule has 2 aromatic rings. The van der Waals surface area contributed by atoms with E-state index in [0.717, 1.165) is 62.5 Å². The fraction of sp³-hybridized carbons (Fsp3) is 0.533. The summed E-state index contributed by atoms with van der Waals surface area (Å²) in [5, 5.41) is 6.10. The lowest BCUT2D eigenvalue weighted by Gasteiger charge is -2.18. The van der Waals surface area contributed by atoms with Crippen LogP contribution >= 0.6 is 0 Å². The van der Waals surface area contributed by atoms with Gasteiger partial charge in [-0.3, -0.25) is 9.59 Å². The zero-order valence-corrected chi connectivity index (χ0v) is 22.9. The number of benzene rings is 2. The number of carbonyl (C=O) groups is 2. The second-order valence-corrected chi connectivity index (χ2v) is 9.30. The molecule has 2 N–H and O–H groups in total. The first-order chi connectivity index (χ1) is 17.4. The van der Waals surface area contributed by atoms with Crippen molar-refractivity contribution in [2.75, 3.05) is 24.9 Å². The van der Waals surface area contributed by atoms with Crippen LogP contribution in [0.15, 0.2) is 36.4 Å². The monoisotopic (exact) mass is 496 g/mol. The van der Waals surface area contributed by atoms with E-state index in [0.29, 0.717) is 22.9 Å². The second kappa shape index (κ2) is 15.2. The van der Waals surface area contributed by atoms with Gasteiger partial charge in [0.1, 0.15) is 11.5 Å². The number of rotatable bonds is 15. The number of unbranched alkanes of at least 4 members (excludes halogenated alkanes) is 2. The van der Waals surface area contributed by atoms with Crippen molar-refractivity contribution >= 4 is 23.2 Å². The van der Waals surface area contributed by atoms with Gasteiger partial charge in [0.25, 0.3) is 0 Å². The summed E-state index contributed by atoms with van der Waals surface area (Å²) in [6.45, 7) is 8.37. The number of carbonyl (C=O) groups excluding carboxylic acids is 2. The topological polar surface area (TPSA) is 76.7 Å². The van der Waals surface area contributed by atoms with Crippen molar-refractivity contribution < 1.29 is 19.1 Å². The summed E-state index contributed by atoms with van der Waals surface area (Å²) in [5.74, 6) is 1.26. The normalized spacial score (nSPS) is 12.5. The van der Waals surface area contributed by atoms with Crippen molar-refractivity contribution in [2.45, 2.75) is 79.1 Å². The van der Waals surface area contributed by atoms with E-state index in [1.165, 1.54) is 0 Å². The maximum Gasteiger partial charge on any atom is 0.227 e. The molecule has 198 valence electrons. The van der Waals surface area contributed by atoms with Gasteiger partial charge in [0.05, 0.1) is 25.6 Å². The molecule has 6 heteroatoms. The molecule has 0 fully saturated rings. The van der Waals surface area contributed by atoms with Crippen molar-refractivity contribution in [1.29, 1.82) is 0 Å². The lowest BCUT2D eigenvalue weighted by molar-refractivity contribution is -0.121. The lowest BCUT2D eigenvalue weighted by Crippen LogP contribution is -2.22. The third kappa shape index (κ3) is 8.00. The molecule has 2 unspecified atom stereocenters. The molecule has 0 bridgehead atoms. The first kappa shape index (κ1) is 29.2. The third-order valence-electron chi connectivity index (χ3n) is 6.79. The molecule has 0 spiro atoms. The summed E-state index contributed by atoms with van der Waals surface area (Å²) in [6, 6.07) is 11.5. The zero-order valence-electron chi connectivity index (χ0n) is 22.9. The van der Waals surface area contributed by atoms with Crippen LogP contribution in [0.3, 0.4) is 0 Å². The Hall–Kier alpha value is -3.02. The molecule has 2 amide bonds. The Morgan fingerprint density at radius 1 is 0.694 bits per heavy atom. The first-order valence-electron chi connectivity index (χ1n) is 13.4. The van der Waals surface area contributed by atoms with Gasteiger partial charge in [-0.1, -0.05) is 65.5 Å². The standard InChI is InChI=1S/C30H44N2O4/c1-7-11-13-21(9-3)29(33)31-25-17-15-23(19-27(25)35-5)24-16-18-26(28(20-24)36-6)32-30(34)22(10-4)14-12-8-2/h15-22H,7-14H2,1-6H3,(H,31,33)(H,32,34). The smallest absolute Gasteiger partial charge is 0.227 e. The van der Waals surface area contributed by atoms with Crippen LogP contribution in [0, 0.1) is 11.8 Å². The lowest BCUT2D eigenvalue weighted by atomic mass is 9.98. The van der Waals surface area contributed by atoms with E-state index in [2.05, 4.69) is 24.5 Å². The van der Waals surface area contributed by atoms with Crippen LogP contribution in [-0.4, -0.2) is 26.0 Å². The highest BCUT2D eigenvalue weighted by molar-refractivity contribution is 5.95. The van der Waals surface area contributed by atoms with E-state index in [4.69, 9.17) is 9.47 Å². The van der Waals surface area contributed by atoms with E-state index in [1.807, 2.05) is 50.2 Å². The summed E-state index contributed by atoms with van der Waals surface area (Å²) in [7, 11) is 3.20. The Bertz CT molecular complexity index is 909. The fourth-order valence-electron chi connectivity index (χ4n) is 4.36. The maximum atomic E-state index is 12.8. The SMILES string of the molecule is CCCCC(CC)C(=O)Nc1ccc(-c2ccc(NC(=O)C(CC)CCCC)c(OC)c2)cc1OC. The quantitative estimate of drug-likeness (QED) is 0.265. The largest absolute Gasteiger partial charge is 0.495 e. The van der Waals surface area contributed by atoms with Gasteiger partial charge in [-0.05, 0) is 61.1 Å². The van der Waals surface area contributed by atoms with Crippen LogP contribution in [0.4, 0.5) is 11.4 Å². The molecule has 0 saturated carbocycles. The van der Waals surface area contributed by atoms with Gasteiger partial charge >= 0.3 is 0 Å². The molecule has 0 aliphatic rings. The average molecular weight is 497 g/mol. The molecule has 2 atom stereocenters. The highest BCUT2D eigenvalue weighted by Gasteiger charge is 2.19. The molecular weight excluding hydrogens is 452 g/mol. The van der Waals surface area contributed by atoms with Crippen molar-refractivity contribution in [3.05, 3.63) is 36.4 Å². The Morgan fingerprint density at radius 3 is 1.39 bits per heavy atom. The highest BCUT2D eigenvalue weighted by atomic mass is 16.5. The predicted octanol–water partition coefficient (Wildman–Crippen LogP) is 7.68. The van der Waals surface area contributed by atoms with Crippen molar-refractivity contribution in [1.82, 2.24) is 0 Å². The number of hydrogen-bond acceptors (Lipinski definition) is 4. The van der Waals surface area contributed by atoms with E-state index in [-0.39, 0.29) is 23.7 Å². The van der Waals surface area contributed by atoms with Crippen LogP contribution < -0.4 is 20.1 Å². The summed E-state index contributed by atoms with van der Waals surface area (Å²) >= 11 is 0. The number of ether oxygens (including phenoxy) is 2. The van der Waals surface area contributed by atoms with Gasteiger partial charge in [0.2, 0.25) is 11.8 Å². The van der Waals surface area contributed by atoms with Crippen LogP contribution in [0.2, 0.25) is 0 Å². The van der Waals surface area contributed by atoms with Gasteiger partial charge in [-0.2, -0.15) is 0 Å². The minimum absolute atomic E-state index is 0.00405. The van der Waals surface area contributed by atoms with Gasteiger partial charge in [0.15, 0.2) is 0 Å². The van der Waals surface area contributed by atoms with Crippen LogP contribution in [0.1, 0.15) is 79.1 Å². The molecule has 0 aromatic heterocycles. The van der Waals surface area contributed by atoms with E-state index >= 15 is 0 Å². The van der Waals surface area contributed by atoms with E-state index < -0.39 is 0 Å². The molecule has 0 aliphatic carbocycles. The van der Waals surface area contributed by atoms with Crippen LogP contribution in [0.5, 0.6) is 11.5 Å². The van der Waals surface area contributed by atoms with Gasteiger partial charge < -0.3 is 20.1 Å². The number of hydrogen-bond donors (Lipinski definition) is 2. The number of nitrogens with one attached hydrogen (secondary N) is 2. The van der Waals surface area contributed by atoms with Crippen molar-refractivity contribution in [3.8, 4) is 22.6 Å². The molecule has 0 heterocycles. The fourth-order valence-corrected chi connectivity index (χ4v) is 4.36. The number of anilines is 2. The molecule has 2 aromatic carbocycles. The minimum atomic E-state index is -0.00405.